The van der Waals surface area contributed by atoms with Crippen LogP contribution in [0.2, 0.25) is 0 Å². The van der Waals surface area contributed by atoms with Gasteiger partial charge in [0, 0.05) is 22.3 Å². The minimum Gasteiger partial charge on any atom is -0.0616 e. The van der Waals surface area contributed by atoms with Crippen molar-refractivity contribution in [2.75, 3.05) is 0 Å². The van der Waals surface area contributed by atoms with Gasteiger partial charge in [-0.1, -0.05) is 59.1 Å². The first-order valence-electron chi connectivity index (χ1n) is 9.51. The van der Waals surface area contributed by atoms with Crippen LogP contribution in [-0.4, -0.2) is 0 Å². The molecule has 0 N–H and O–H groups in total. The highest BCUT2D eigenvalue weighted by molar-refractivity contribution is 5.58. The smallest absolute Gasteiger partial charge is 0.0284 e. The Morgan fingerprint density at radius 2 is 0.926 bits per heavy atom. The van der Waals surface area contributed by atoms with Gasteiger partial charge in [-0.15, -0.1) is 0 Å². The molecule has 0 heteroatoms. The molecule has 0 amide bonds. The predicted octanol–water partition coefficient (Wildman–Crippen LogP) is 5.59. The maximum atomic E-state index is 3.39. The summed E-state index contributed by atoms with van der Waals surface area (Å²) in [6.45, 7) is 4.20. The number of benzene rings is 3. The molecule has 0 fully saturated rings. The van der Waals surface area contributed by atoms with E-state index in [1.54, 1.807) is 0 Å². The van der Waals surface area contributed by atoms with E-state index >= 15 is 0 Å². The van der Waals surface area contributed by atoms with Crippen LogP contribution in [0.15, 0.2) is 60.7 Å². The lowest BCUT2D eigenvalue weighted by Crippen LogP contribution is -1.93. The number of aryl methyl sites for hydroxylation is 2. The molecule has 0 unspecified atom stereocenters. The highest BCUT2D eigenvalue weighted by atomic mass is 14.2. The summed E-state index contributed by atoms with van der Waals surface area (Å²) in [7, 11) is 0. The van der Waals surface area contributed by atoms with Crippen LogP contribution in [-0.2, 0) is 12.8 Å². The number of hydrogen-bond acceptors (Lipinski definition) is 0. The van der Waals surface area contributed by atoms with Crippen LogP contribution >= 0.6 is 0 Å². The van der Waals surface area contributed by atoms with E-state index in [1.807, 2.05) is 0 Å². The number of rotatable bonds is 0. The van der Waals surface area contributed by atoms with Crippen LogP contribution in [0.25, 0.3) is 0 Å². The average Bonchev–Trinajstić information content (AvgIpc) is 3.18. The Morgan fingerprint density at radius 1 is 0.519 bits per heavy atom. The second-order valence-electron chi connectivity index (χ2n) is 7.20. The van der Waals surface area contributed by atoms with E-state index in [2.05, 4.69) is 98.2 Å². The molecule has 0 spiro atoms. The molecule has 3 aromatic rings. The topological polar surface area (TPSA) is 0 Å². The minimum absolute atomic E-state index is 1.07. The summed E-state index contributed by atoms with van der Waals surface area (Å²) in [6.07, 6.45) is 3.40. The van der Waals surface area contributed by atoms with E-state index in [9.17, 15) is 0 Å². The molecule has 0 saturated heterocycles. The van der Waals surface area contributed by atoms with Crippen LogP contribution in [0.3, 0.4) is 0 Å². The van der Waals surface area contributed by atoms with E-state index in [0.29, 0.717) is 0 Å². The summed E-state index contributed by atoms with van der Waals surface area (Å²) in [5.74, 6) is 13.4. The lowest BCUT2D eigenvalue weighted by atomic mass is 9.98. The molecule has 3 aromatic carbocycles. The second-order valence-corrected chi connectivity index (χ2v) is 7.20. The fraction of sp³-hybridized carbons (Fsp3) is 0.185. The van der Waals surface area contributed by atoms with Crippen molar-refractivity contribution >= 4 is 0 Å². The summed E-state index contributed by atoms with van der Waals surface area (Å²) < 4.78 is 0. The van der Waals surface area contributed by atoms with Gasteiger partial charge in [-0.2, -0.15) is 0 Å². The van der Waals surface area contributed by atoms with E-state index in [-0.39, 0.29) is 0 Å². The molecular weight excluding hydrogens is 324 g/mol. The van der Waals surface area contributed by atoms with Crippen LogP contribution in [0.5, 0.6) is 0 Å². The van der Waals surface area contributed by atoms with E-state index < -0.39 is 0 Å². The van der Waals surface area contributed by atoms with Crippen molar-refractivity contribution in [3.63, 3.8) is 0 Å². The molecule has 0 saturated carbocycles. The van der Waals surface area contributed by atoms with Gasteiger partial charge in [-0.3, -0.25) is 0 Å². The lowest BCUT2D eigenvalue weighted by Gasteiger charge is -2.05. The summed E-state index contributed by atoms with van der Waals surface area (Å²) in [5, 5.41) is 0. The quantitative estimate of drug-likeness (QED) is 0.465. The average molecular weight is 346 g/mol. The van der Waals surface area contributed by atoms with Gasteiger partial charge < -0.3 is 0 Å². The summed E-state index contributed by atoms with van der Waals surface area (Å²) in [6, 6.07) is 21.1. The molecule has 0 atom stereocenters. The molecular formula is C27H22. The summed E-state index contributed by atoms with van der Waals surface area (Å²) >= 11 is 0. The molecule has 27 heavy (non-hydrogen) atoms. The summed E-state index contributed by atoms with van der Waals surface area (Å²) in [5.41, 5.74) is 9.76. The monoisotopic (exact) mass is 346 g/mol. The van der Waals surface area contributed by atoms with E-state index in [1.165, 1.54) is 28.7 Å². The Balaban J connectivity index is 1.65. The Kier molecular flexibility index (Phi) is 4.82. The predicted molar refractivity (Wildman–Crippen MR) is 113 cm³/mol. The van der Waals surface area contributed by atoms with Crippen LogP contribution in [0.4, 0.5) is 0 Å². The Morgan fingerprint density at radius 3 is 1.33 bits per heavy atom. The zero-order valence-electron chi connectivity index (χ0n) is 15.9. The molecule has 0 bridgehead atoms. The second kappa shape index (κ2) is 7.57. The highest BCUT2D eigenvalue weighted by Crippen LogP contribution is 2.28. The third-order valence-corrected chi connectivity index (χ3v) is 5.07. The third kappa shape index (κ3) is 3.97. The molecule has 1 aliphatic carbocycles. The molecule has 4 rings (SSSR count). The third-order valence-electron chi connectivity index (χ3n) is 5.07. The number of fused-ring (bicyclic) bond motifs is 1. The maximum absolute atomic E-state index is 3.39. The van der Waals surface area contributed by atoms with Gasteiger partial charge >= 0.3 is 0 Å². The first-order chi connectivity index (χ1) is 13.2. The van der Waals surface area contributed by atoms with Crippen molar-refractivity contribution in [2.24, 2.45) is 0 Å². The van der Waals surface area contributed by atoms with E-state index in [0.717, 1.165) is 35.1 Å². The van der Waals surface area contributed by atoms with Gasteiger partial charge in [0.25, 0.3) is 0 Å². The number of hydrogen-bond donors (Lipinski definition) is 0. The first kappa shape index (κ1) is 17.2. The highest BCUT2D eigenvalue weighted by Gasteiger charge is 2.17. The summed E-state index contributed by atoms with van der Waals surface area (Å²) in [4.78, 5) is 0. The molecule has 0 aliphatic heterocycles. The largest absolute Gasteiger partial charge is 0.0616 e. The standard InChI is InChI=1S/C27H22/c1-20-6-10-22(11-7-20)14-16-24-18-19-25(27-5-3-4-26(24)27)17-15-23-12-8-21(2)9-13-23/h6-13,18-19H,3-5H2,1-2H3. The molecule has 1 aliphatic rings. The van der Waals surface area contributed by atoms with Crippen molar-refractivity contribution in [1.29, 1.82) is 0 Å². The fourth-order valence-corrected chi connectivity index (χ4v) is 3.49. The zero-order chi connectivity index (χ0) is 18.6. The Hall–Kier alpha value is -3.22. The van der Waals surface area contributed by atoms with Gasteiger partial charge in [0.2, 0.25) is 0 Å². The fourth-order valence-electron chi connectivity index (χ4n) is 3.49. The molecule has 0 aromatic heterocycles. The van der Waals surface area contributed by atoms with Gasteiger partial charge in [0.1, 0.15) is 0 Å². The SMILES string of the molecule is Cc1ccc(C#Cc2ccc(C#Cc3ccc(C)cc3)c3c2CCC3)cc1. The van der Waals surface area contributed by atoms with Crippen molar-refractivity contribution in [2.45, 2.75) is 33.1 Å². The van der Waals surface area contributed by atoms with Gasteiger partial charge in [-0.05, 0) is 80.6 Å². The molecule has 0 radical (unpaired) electrons. The van der Waals surface area contributed by atoms with Crippen LogP contribution < -0.4 is 0 Å². The first-order valence-corrected chi connectivity index (χ1v) is 9.51. The normalized spacial score (nSPS) is 11.8. The van der Waals surface area contributed by atoms with Crippen LogP contribution in [0, 0.1) is 37.5 Å². The maximum Gasteiger partial charge on any atom is 0.0284 e. The van der Waals surface area contributed by atoms with Gasteiger partial charge in [0.05, 0.1) is 0 Å². The van der Waals surface area contributed by atoms with Crippen molar-refractivity contribution < 1.29 is 0 Å². The van der Waals surface area contributed by atoms with E-state index in [4.69, 9.17) is 0 Å². The van der Waals surface area contributed by atoms with Crippen molar-refractivity contribution in [3.05, 3.63) is 105 Å². The molecule has 0 heterocycles. The van der Waals surface area contributed by atoms with Gasteiger partial charge in [-0.25, -0.2) is 0 Å². The minimum atomic E-state index is 1.07. The van der Waals surface area contributed by atoms with Crippen molar-refractivity contribution in [3.8, 4) is 23.7 Å². The van der Waals surface area contributed by atoms with Gasteiger partial charge in [0.15, 0.2) is 0 Å². The lowest BCUT2D eigenvalue weighted by molar-refractivity contribution is 0.910. The zero-order valence-corrected chi connectivity index (χ0v) is 15.9. The van der Waals surface area contributed by atoms with Crippen LogP contribution in [0.1, 0.15) is 50.9 Å². The Labute approximate surface area is 162 Å². The molecule has 0 nitrogen and oxygen atoms in total. The molecule has 130 valence electrons. The van der Waals surface area contributed by atoms with Crippen molar-refractivity contribution in [1.82, 2.24) is 0 Å². The Bertz CT molecular complexity index is 999.